The predicted molar refractivity (Wildman–Crippen MR) is 103 cm³/mol. The molecule has 0 bridgehead atoms. The second kappa shape index (κ2) is 7.34. The van der Waals surface area contributed by atoms with Crippen LogP contribution in [0.2, 0.25) is 0 Å². The molecule has 1 heterocycles. The zero-order valence-corrected chi connectivity index (χ0v) is 14.9. The van der Waals surface area contributed by atoms with Gasteiger partial charge in [0, 0.05) is 12.6 Å². The molecular formula is C22H24N2O2. The number of nitrogens with two attached hydrogens (primary N) is 1. The zero-order chi connectivity index (χ0) is 17.9. The summed E-state index contributed by atoms with van der Waals surface area (Å²) in [6.45, 7) is 0.925. The Morgan fingerprint density at radius 1 is 1.12 bits per heavy atom. The van der Waals surface area contributed by atoms with Crippen molar-refractivity contribution in [2.24, 2.45) is 5.73 Å². The molecule has 0 radical (unpaired) electrons. The lowest BCUT2D eigenvalue weighted by Gasteiger charge is -2.29. The number of fused-ring (bicyclic) bond motifs is 1. The summed E-state index contributed by atoms with van der Waals surface area (Å²) >= 11 is 0. The van der Waals surface area contributed by atoms with E-state index in [4.69, 9.17) is 10.2 Å². The summed E-state index contributed by atoms with van der Waals surface area (Å²) in [4.78, 5) is 15.3. The summed E-state index contributed by atoms with van der Waals surface area (Å²) in [5.41, 5.74) is 7.41. The fourth-order valence-electron chi connectivity index (χ4n) is 3.96. The largest absolute Gasteiger partial charge is 0.467 e. The first-order valence-electron chi connectivity index (χ1n) is 9.31. The van der Waals surface area contributed by atoms with Crippen molar-refractivity contribution in [3.63, 3.8) is 0 Å². The lowest BCUT2D eigenvalue weighted by molar-refractivity contribution is 0.0664. The van der Waals surface area contributed by atoms with E-state index in [1.54, 1.807) is 6.07 Å². The van der Waals surface area contributed by atoms with E-state index in [0.29, 0.717) is 24.4 Å². The molecule has 1 aromatic heterocycles. The highest BCUT2D eigenvalue weighted by atomic mass is 16.3. The summed E-state index contributed by atoms with van der Waals surface area (Å²) < 4.78 is 5.40. The molecule has 0 aliphatic heterocycles. The van der Waals surface area contributed by atoms with Gasteiger partial charge in [0.15, 0.2) is 0 Å². The van der Waals surface area contributed by atoms with Crippen LogP contribution in [0.15, 0.2) is 59.2 Å². The third kappa shape index (κ3) is 3.25. The van der Waals surface area contributed by atoms with E-state index < -0.39 is 0 Å². The lowest BCUT2D eigenvalue weighted by Crippen LogP contribution is -2.38. The molecule has 1 aliphatic carbocycles. The maximum absolute atomic E-state index is 13.2. The van der Waals surface area contributed by atoms with E-state index in [-0.39, 0.29) is 11.9 Å². The number of carbonyl (C=O) groups excluding carboxylic acids is 1. The number of furan rings is 1. The van der Waals surface area contributed by atoms with Gasteiger partial charge in [0.1, 0.15) is 12.0 Å². The van der Waals surface area contributed by atoms with Gasteiger partial charge in [-0.05, 0) is 35.2 Å². The summed E-state index contributed by atoms with van der Waals surface area (Å²) in [5, 5.41) is 2.41. The maximum Gasteiger partial charge on any atom is 0.257 e. The Bertz CT molecular complexity index is 904. The average molecular weight is 348 g/mol. The van der Waals surface area contributed by atoms with Crippen molar-refractivity contribution < 1.29 is 9.21 Å². The van der Waals surface area contributed by atoms with Crippen LogP contribution in [0.25, 0.3) is 10.8 Å². The van der Waals surface area contributed by atoms with Gasteiger partial charge in [0.2, 0.25) is 0 Å². The molecule has 3 aromatic rings. The second-order valence-electron chi connectivity index (χ2n) is 7.02. The fourth-order valence-corrected chi connectivity index (χ4v) is 3.96. The van der Waals surface area contributed by atoms with Crippen molar-refractivity contribution in [3.8, 4) is 0 Å². The second-order valence-corrected chi connectivity index (χ2v) is 7.02. The minimum absolute atomic E-state index is 0.0354. The molecular weight excluding hydrogens is 324 g/mol. The first-order valence-corrected chi connectivity index (χ1v) is 9.31. The SMILES string of the molecule is NCc1cc(C(=O)N(Cc2cccc3ccccc23)C2CCCC2)co1. The van der Waals surface area contributed by atoms with Crippen LogP contribution in [0.1, 0.15) is 47.4 Å². The highest BCUT2D eigenvalue weighted by molar-refractivity contribution is 5.94. The van der Waals surface area contributed by atoms with Crippen molar-refractivity contribution in [3.05, 3.63) is 71.7 Å². The molecule has 1 aliphatic rings. The van der Waals surface area contributed by atoms with E-state index in [9.17, 15) is 4.79 Å². The predicted octanol–water partition coefficient (Wildman–Crippen LogP) is 4.48. The van der Waals surface area contributed by atoms with Crippen LogP contribution in [-0.2, 0) is 13.1 Å². The van der Waals surface area contributed by atoms with Crippen LogP contribution in [0, 0.1) is 0 Å². The van der Waals surface area contributed by atoms with Crippen LogP contribution in [0.4, 0.5) is 0 Å². The Hall–Kier alpha value is -2.59. The lowest BCUT2D eigenvalue weighted by atomic mass is 10.0. The van der Waals surface area contributed by atoms with Crippen molar-refractivity contribution in [1.82, 2.24) is 4.90 Å². The summed E-state index contributed by atoms with van der Waals surface area (Å²) in [6.07, 6.45) is 6.04. The van der Waals surface area contributed by atoms with Crippen molar-refractivity contribution in [1.29, 1.82) is 0 Å². The number of rotatable bonds is 5. The van der Waals surface area contributed by atoms with Gasteiger partial charge in [-0.25, -0.2) is 0 Å². The Morgan fingerprint density at radius 2 is 1.88 bits per heavy atom. The van der Waals surface area contributed by atoms with E-state index in [1.807, 2.05) is 11.0 Å². The number of benzene rings is 2. The Labute approximate surface area is 153 Å². The molecule has 1 fully saturated rings. The molecule has 1 saturated carbocycles. The Balaban J connectivity index is 1.68. The maximum atomic E-state index is 13.2. The van der Waals surface area contributed by atoms with Gasteiger partial charge in [-0.2, -0.15) is 0 Å². The van der Waals surface area contributed by atoms with Gasteiger partial charge in [-0.1, -0.05) is 55.3 Å². The standard InChI is InChI=1S/C22H24N2O2/c23-13-20-12-18(15-26-20)22(25)24(19-9-2-3-10-19)14-17-8-5-7-16-6-1-4-11-21(16)17/h1,4-8,11-12,15,19H,2-3,9-10,13-14,23H2. The fraction of sp³-hybridized carbons (Fsp3) is 0.318. The molecule has 2 N–H and O–H groups in total. The van der Waals surface area contributed by atoms with Gasteiger partial charge in [-0.15, -0.1) is 0 Å². The molecule has 4 nitrogen and oxygen atoms in total. The number of hydrogen-bond acceptors (Lipinski definition) is 3. The van der Waals surface area contributed by atoms with Crippen LogP contribution in [-0.4, -0.2) is 16.8 Å². The van der Waals surface area contributed by atoms with Gasteiger partial charge in [0.05, 0.1) is 12.1 Å². The van der Waals surface area contributed by atoms with E-state index in [2.05, 4.69) is 36.4 Å². The molecule has 0 unspecified atom stereocenters. The van der Waals surface area contributed by atoms with E-state index in [1.165, 1.54) is 35.4 Å². The van der Waals surface area contributed by atoms with E-state index >= 15 is 0 Å². The highest BCUT2D eigenvalue weighted by Gasteiger charge is 2.28. The summed E-state index contributed by atoms with van der Waals surface area (Å²) in [5.74, 6) is 0.679. The van der Waals surface area contributed by atoms with Crippen LogP contribution >= 0.6 is 0 Å². The first-order chi connectivity index (χ1) is 12.8. The number of nitrogens with zero attached hydrogens (tertiary/aromatic N) is 1. The van der Waals surface area contributed by atoms with Gasteiger partial charge in [0.25, 0.3) is 5.91 Å². The topological polar surface area (TPSA) is 59.5 Å². The average Bonchev–Trinajstić information content (AvgIpc) is 3.37. The summed E-state index contributed by atoms with van der Waals surface area (Å²) in [7, 11) is 0. The quantitative estimate of drug-likeness (QED) is 0.740. The van der Waals surface area contributed by atoms with Crippen LogP contribution in [0.5, 0.6) is 0 Å². The van der Waals surface area contributed by atoms with Gasteiger partial charge >= 0.3 is 0 Å². The van der Waals surface area contributed by atoms with E-state index in [0.717, 1.165) is 12.8 Å². The zero-order valence-electron chi connectivity index (χ0n) is 14.9. The molecule has 1 amide bonds. The van der Waals surface area contributed by atoms with Crippen molar-refractivity contribution in [2.45, 2.75) is 44.8 Å². The monoisotopic (exact) mass is 348 g/mol. The molecule has 0 saturated heterocycles. The Morgan fingerprint density at radius 3 is 2.65 bits per heavy atom. The van der Waals surface area contributed by atoms with Crippen LogP contribution < -0.4 is 5.73 Å². The number of amides is 1. The van der Waals surface area contributed by atoms with Gasteiger partial charge in [-0.3, -0.25) is 4.79 Å². The molecule has 2 aromatic carbocycles. The van der Waals surface area contributed by atoms with Crippen molar-refractivity contribution >= 4 is 16.7 Å². The smallest absolute Gasteiger partial charge is 0.257 e. The normalized spacial score (nSPS) is 14.8. The third-order valence-electron chi connectivity index (χ3n) is 5.35. The Kier molecular flexibility index (Phi) is 4.76. The van der Waals surface area contributed by atoms with Crippen LogP contribution in [0.3, 0.4) is 0 Å². The number of hydrogen-bond donors (Lipinski definition) is 1. The molecule has 26 heavy (non-hydrogen) atoms. The van der Waals surface area contributed by atoms with Crippen molar-refractivity contribution in [2.75, 3.05) is 0 Å². The minimum Gasteiger partial charge on any atom is -0.467 e. The third-order valence-corrected chi connectivity index (χ3v) is 5.35. The molecule has 0 atom stereocenters. The molecule has 134 valence electrons. The molecule has 0 spiro atoms. The molecule has 4 heteroatoms. The summed E-state index contributed by atoms with van der Waals surface area (Å²) in [6, 6.07) is 16.7. The minimum atomic E-state index is 0.0354. The number of carbonyl (C=O) groups is 1. The molecule has 4 rings (SSSR count). The highest BCUT2D eigenvalue weighted by Crippen LogP contribution is 2.29. The first kappa shape index (κ1) is 16.9. The van der Waals surface area contributed by atoms with Gasteiger partial charge < -0.3 is 15.1 Å².